The molecule has 0 bridgehead atoms. The minimum Gasteiger partial charge on any atom is -0.481 e. The lowest BCUT2D eigenvalue weighted by atomic mass is 10.1. The number of halogens is 2. The van der Waals surface area contributed by atoms with Crippen LogP contribution < -0.4 is 5.32 Å². The molecule has 1 fully saturated rings. The quantitative estimate of drug-likeness (QED) is 0.622. The molecule has 1 unspecified atom stereocenters. The van der Waals surface area contributed by atoms with E-state index in [4.69, 9.17) is 16.7 Å². The van der Waals surface area contributed by atoms with Gasteiger partial charge in [-0.1, -0.05) is 11.6 Å². The van der Waals surface area contributed by atoms with Gasteiger partial charge in [-0.15, -0.1) is 0 Å². The van der Waals surface area contributed by atoms with E-state index in [1.807, 2.05) is 0 Å². The second-order valence-electron chi connectivity index (χ2n) is 4.73. The second kappa shape index (κ2) is 5.62. The van der Waals surface area contributed by atoms with Crippen LogP contribution in [0.2, 0.25) is 5.02 Å². The number of nitro groups is 1. The number of hydrogen-bond donors (Lipinski definition) is 2. The minimum atomic E-state index is -1.01. The monoisotopic (exact) mass is 302 g/mol. The van der Waals surface area contributed by atoms with Crippen LogP contribution in [-0.4, -0.2) is 22.0 Å². The molecule has 1 saturated carbocycles. The predicted molar refractivity (Wildman–Crippen MR) is 70.5 cm³/mol. The lowest BCUT2D eigenvalue weighted by Gasteiger charge is -2.17. The first-order chi connectivity index (χ1) is 9.38. The van der Waals surface area contributed by atoms with Crippen LogP contribution in [-0.2, 0) is 4.79 Å². The molecule has 108 valence electrons. The number of nitrogens with zero attached hydrogens (tertiary/aromatic N) is 1. The molecular weight excluding hydrogens is 291 g/mol. The molecule has 1 atom stereocenters. The molecule has 8 heteroatoms. The number of carbonyl (C=O) groups is 1. The number of rotatable bonds is 6. The molecule has 1 aliphatic carbocycles. The van der Waals surface area contributed by atoms with Gasteiger partial charge < -0.3 is 10.4 Å². The molecule has 0 radical (unpaired) electrons. The molecule has 0 aliphatic heterocycles. The molecule has 0 heterocycles. The average molecular weight is 303 g/mol. The van der Waals surface area contributed by atoms with Gasteiger partial charge in [-0.05, 0) is 18.8 Å². The second-order valence-corrected chi connectivity index (χ2v) is 5.13. The summed E-state index contributed by atoms with van der Waals surface area (Å²) in [5, 5.41) is 22.2. The van der Waals surface area contributed by atoms with Gasteiger partial charge in [0.25, 0.3) is 5.69 Å². The Morgan fingerprint density at radius 3 is 2.75 bits per heavy atom. The summed E-state index contributed by atoms with van der Waals surface area (Å²) in [5.41, 5.74) is -0.414. The van der Waals surface area contributed by atoms with Gasteiger partial charge >= 0.3 is 5.97 Å². The fraction of sp³-hybridized carbons (Fsp3) is 0.417. The molecule has 1 aromatic rings. The van der Waals surface area contributed by atoms with Crippen molar-refractivity contribution in [1.82, 2.24) is 0 Å². The highest BCUT2D eigenvalue weighted by Gasteiger charge is 2.34. The van der Waals surface area contributed by atoms with Crippen molar-refractivity contribution in [1.29, 1.82) is 0 Å². The van der Waals surface area contributed by atoms with Crippen LogP contribution in [0.25, 0.3) is 0 Å². The van der Waals surface area contributed by atoms with Gasteiger partial charge in [0.1, 0.15) is 11.5 Å². The zero-order chi connectivity index (χ0) is 14.9. The molecule has 6 nitrogen and oxygen atoms in total. The van der Waals surface area contributed by atoms with Crippen molar-refractivity contribution in [2.75, 3.05) is 5.32 Å². The Balaban J connectivity index is 2.28. The van der Waals surface area contributed by atoms with E-state index < -0.39 is 22.8 Å². The molecule has 1 aliphatic rings. The van der Waals surface area contributed by atoms with Crippen molar-refractivity contribution in [3.8, 4) is 0 Å². The number of carboxylic acid groups (broad SMARTS) is 1. The van der Waals surface area contributed by atoms with Gasteiger partial charge in [-0.2, -0.15) is 0 Å². The predicted octanol–water partition coefficient (Wildman–Crippen LogP) is 3.05. The Morgan fingerprint density at radius 2 is 2.25 bits per heavy atom. The van der Waals surface area contributed by atoms with Gasteiger partial charge in [-0.25, -0.2) is 4.39 Å². The molecule has 2 N–H and O–H groups in total. The van der Waals surface area contributed by atoms with E-state index in [-0.39, 0.29) is 28.7 Å². The van der Waals surface area contributed by atoms with Gasteiger partial charge in [-0.3, -0.25) is 14.9 Å². The number of benzene rings is 1. The number of anilines is 1. The first-order valence-electron chi connectivity index (χ1n) is 6.00. The molecule has 20 heavy (non-hydrogen) atoms. The van der Waals surface area contributed by atoms with E-state index in [9.17, 15) is 19.3 Å². The summed E-state index contributed by atoms with van der Waals surface area (Å²) in [5.74, 6) is -1.65. The minimum absolute atomic E-state index is 0.0462. The van der Waals surface area contributed by atoms with Crippen molar-refractivity contribution in [3.63, 3.8) is 0 Å². The van der Waals surface area contributed by atoms with Crippen LogP contribution in [0.15, 0.2) is 12.1 Å². The van der Waals surface area contributed by atoms with Gasteiger partial charge in [0.05, 0.1) is 16.4 Å². The number of nitro benzene ring substituents is 1. The molecule has 1 aromatic carbocycles. The van der Waals surface area contributed by atoms with Crippen molar-refractivity contribution in [2.24, 2.45) is 5.92 Å². The maximum absolute atomic E-state index is 13.4. The molecule has 2 rings (SSSR count). The molecule has 0 saturated heterocycles. The van der Waals surface area contributed by atoms with Crippen molar-refractivity contribution in [3.05, 3.63) is 33.1 Å². The SMILES string of the molecule is O=C(O)CC(Nc1cc(F)c(Cl)cc1[N+](=O)[O-])C1CC1. The van der Waals surface area contributed by atoms with E-state index in [0.717, 1.165) is 25.0 Å². The molecule has 0 spiro atoms. The third kappa shape index (κ3) is 3.36. The van der Waals surface area contributed by atoms with Crippen molar-refractivity contribution in [2.45, 2.75) is 25.3 Å². The number of hydrogen-bond acceptors (Lipinski definition) is 4. The molecular formula is C12H12ClFN2O4. The standard InChI is InChI=1S/C12H12ClFN2O4/c13-7-3-11(16(19)20)10(4-8(7)14)15-9(5-12(17)18)6-1-2-6/h3-4,6,9,15H,1-2,5H2,(H,17,18). The molecule has 0 amide bonds. The Labute approximate surface area is 118 Å². The van der Waals surface area contributed by atoms with E-state index in [1.165, 1.54) is 0 Å². The van der Waals surface area contributed by atoms with E-state index in [1.54, 1.807) is 0 Å². The summed E-state index contributed by atoms with van der Waals surface area (Å²) < 4.78 is 13.4. The van der Waals surface area contributed by atoms with Crippen LogP contribution in [0, 0.1) is 21.8 Å². The van der Waals surface area contributed by atoms with Gasteiger partial charge in [0.15, 0.2) is 0 Å². The van der Waals surface area contributed by atoms with Crippen LogP contribution in [0.1, 0.15) is 19.3 Å². The average Bonchev–Trinajstić information content (AvgIpc) is 3.15. The Bertz CT molecular complexity index is 563. The van der Waals surface area contributed by atoms with Crippen LogP contribution in [0.3, 0.4) is 0 Å². The number of carboxylic acids is 1. The fourth-order valence-electron chi connectivity index (χ4n) is 2.03. The Hall–Kier alpha value is -1.89. The summed E-state index contributed by atoms with van der Waals surface area (Å²) in [6.45, 7) is 0. The maximum atomic E-state index is 13.4. The third-order valence-electron chi connectivity index (χ3n) is 3.16. The smallest absolute Gasteiger partial charge is 0.305 e. The van der Waals surface area contributed by atoms with Gasteiger partial charge in [0, 0.05) is 18.2 Å². The van der Waals surface area contributed by atoms with E-state index in [2.05, 4.69) is 5.32 Å². The van der Waals surface area contributed by atoms with Crippen molar-refractivity contribution < 1.29 is 19.2 Å². The zero-order valence-corrected chi connectivity index (χ0v) is 11.1. The highest BCUT2D eigenvalue weighted by atomic mass is 35.5. The maximum Gasteiger partial charge on any atom is 0.305 e. The first kappa shape index (κ1) is 14.5. The Kier molecular flexibility index (Phi) is 4.08. The lowest BCUT2D eigenvalue weighted by Crippen LogP contribution is -2.25. The van der Waals surface area contributed by atoms with Crippen molar-refractivity contribution >= 4 is 28.9 Å². The van der Waals surface area contributed by atoms with Crippen LogP contribution >= 0.6 is 11.6 Å². The summed E-state index contributed by atoms with van der Waals surface area (Å²) in [6.07, 6.45) is 1.54. The number of nitrogens with one attached hydrogen (secondary N) is 1. The van der Waals surface area contributed by atoms with Crippen LogP contribution in [0.4, 0.5) is 15.8 Å². The summed E-state index contributed by atoms with van der Waals surface area (Å²) >= 11 is 5.52. The highest BCUT2D eigenvalue weighted by Crippen LogP contribution is 2.38. The van der Waals surface area contributed by atoms with E-state index in [0.29, 0.717) is 0 Å². The van der Waals surface area contributed by atoms with E-state index >= 15 is 0 Å². The van der Waals surface area contributed by atoms with Gasteiger partial charge in [0.2, 0.25) is 0 Å². The fourth-order valence-corrected chi connectivity index (χ4v) is 2.18. The Morgan fingerprint density at radius 1 is 1.60 bits per heavy atom. The first-order valence-corrected chi connectivity index (χ1v) is 6.38. The lowest BCUT2D eigenvalue weighted by molar-refractivity contribution is -0.384. The highest BCUT2D eigenvalue weighted by molar-refractivity contribution is 6.31. The van der Waals surface area contributed by atoms with Crippen LogP contribution in [0.5, 0.6) is 0 Å². The normalized spacial score (nSPS) is 15.7. The zero-order valence-electron chi connectivity index (χ0n) is 10.3. The number of aliphatic carboxylic acids is 1. The summed E-state index contributed by atoms with van der Waals surface area (Å²) in [4.78, 5) is 21.1. The molecule has 0 aromatic heterocycles. The topological polar surface area (TPSA) is 92.5 Å². The summed E-state index contributed by atoms with van der Waals surface area (Å²) in [7, 11) is 0. The third-order valence-corrected chi connectivity index (χ3v) is 3.45. The summed E-state index contributed by atoms with van der Waals surface area (Å²) in [6, 6.07) is 1.40. The largest absolute Gasteiger partial charge is 0.481 e.